The van der Waals surface area contributed by atoms with Gasteiger partial charge in [-0.2, -0.15) is 4.98 Å². The molecule has 0 amide bonds. The summed E-state index contributed by atoms with van der Waals surface area (Å²) >= 11 is 0. The van der Waals surface area contributed by atoms with Gasteiger partial charge in [0.15, 0.2) is 0 Å². The van der Waals surface area contributed by atoms with Gasteiger partial charge in [0.1, 0.15) is 6.33 Å². The van der Waals surface area contributed by atoms with Gasteiger partial charge in [0.2, 0.25) is 11.9 Å². The molecule has 0 fully saturated rings. The molecule has 25 heavy (non-hydrogen) atoms. The first kappa shape index (κ1) is 18.7. The zero-order valence-electron chi connectivity index (χ0n) is 14.0. The van der Waals surface area contributed by atoms with Crippen LogP contribution in [0.15, 0.2) is 67.0 Å². The van der Waals surface area contributed by atoms with Gasteiger partial charge in [0.05, 0.1) is 0 Å². The van der Waals surface area contributed by atoms with Crippen LogP contribution < -0.4 is 10.6 Å². The Morgan fingerprint density at radius 3 is 1.76 bits per heavy atom. The van der Waals surface area contributed by atoms with E-state index < -0.39 is 0 Å². The highest BCUT2D eigenvalue weighted by Crippen LogP contribution is 2.11. The number of aromatic nitrogens is 3. The Kier molecular flexibility index (Phi) is 7.16. The number of hydrogen-bond donors (Lipinski definition) is 1. The number of hydrogen-bond acceptors (Lipinski definition) is 5. The number of nitrogens with zero attached hydrogens (tertiary/aromatic N) is 4. The van der Waals surface area contributed by atoms with Crippen LogP contribution in [0.25, 0.3) is 0 Å². The average molecular weight is 356 g/mol. The van der Waals surface area contributed by atoms with Gasteiger partial charge in [-0.3, -0.25) is 0 Å². The van der Waals surface area contributed by atoms with Gasteiger partial charge in [-0.05, 0) is 24.0 Å². The van der Waals surface area contributed by atoms with Crippen LogP contribution in [0.2, 0.25) is 0 Å². The molecule has 0 radical (unpaired) electrons. The Morgan fingerprint density at radius 1 is 0.760 bits per heavy atom. The second-order valence-electron chi connectivity index (χ2n) is 5.60. The van der Waals surface area contributed by atoms with Crippen molar-refractivity contribution in [1.82, 2.24) is 15.0 Å². The maximum atomic E-state index is 5.72. The fraction of sp³-hybridized carbons (Fsp3) is 0.211. The summed E-state index contributed by atoms with van der Waals surface area (Å²) in [6.07, 6.45) is 3.33. The summed E-state index contributed by atoms with van der Waals surface area (Å²) in [6, 6.07) is 20.8. The van der Waals surface area contributed by atoms with Crippen molar-refractivity contribution in [3.05, 3.63) is 78.1 Å². The summed E-state index contributed by atoms with van der Waals surface area (Å²) in [5.41, 5.74) is 8.31. The van der Waals surface area contributed by atoms with E-state index in [0.29, 0.717) is 5.95 Å². The number of nitrogens with two attached hydrogens (primary N) is 1. The van der Waals surface area contributed by atoms with Gasteiger partial charge in [-0.1, -0.05) is 60.7 Å². The molecule has 0 aliphatic carbocycles. The molecule has 0 aliphatic heterocycles. The summed E-state index contributed by atoms with van der Waals surface area (Å²) in [5.74, 6) is 0.888. The van der Waals surface area contributed by atoms with Crippen molar-refractivity contribution >= 4 is 24.3 Å². The molecule has 0 saturated carbocycles. The Hall–Kier alpha value is -2.66. The van der Waals surface area contributed by atoms with Crippen LogP contribution in [0, 0.1) is 0 Å². The Bertz CT molecular complexity index is 709. The highest BCUT2D eigenvalue weighted by atomic mass is 35.5. The quantitative estimate of drug-likeness (QED) is 0.705. The van der Waals surface area contributed by atoms with Crippen LogP contribution >= 0.6 is 12.4 Å². The predicted molar refractivity (Wildman–Crippen MR) is 104 cm³/mol. The van der Waals surface area contributed by atoms with E-state index in [-0.39, 0.29) is 18.4 Å². The number of rotatable bonds is 7. The monoisotopic (exact) mass is 355 g/mol. The van der Waals surface area contributed by atoms with Crippen LogP contribution in [0.3, 0.4) is 0 Å². The second-order valence-corrected chi connectivity index (χ2v) is 5.60. The fourth-order valence-electron chi connectivity index (χ4n) is 2.58. The van der Waals surface area contributed by atoms with Gasteiger partial charge < -0.3 is 10.6 Å². The standard InChI is InChI=1S/C19H21N5.ClH/c20-18-21-15-22-19(23-18)24(13-11-16-7-3-1-4-8-16)14-12-17-9-5-2-6-10-17;/h1-10,15H,11-14H2,(H2,20,21,22,23);1H. The maximum absolute atomic E-state index is 5.72. The van der Waals surface area contributed by atoms with E-state index in [0.717, 1.165) is 25.9 Å². The Labute approximate surface area is 154 Å². The topological polar surface area (TPSA) is 67.9 Å². The molecule has 5 nitrogen and oxygen atoms in total. The van der Waals surface area contributed by atoms with Crippen molar-refractivity contribution in [1.29, 1.82) is 0 Å². The van der Waals surface area contributed by atoms with E-state index in [9.17, 15) is 0 Å². The average Bonchev–Trinajstić information content (AvgIpc) is 2.63. The molecular formula is C19H22ClN5. The van der Waals surface area contributed by atoms with Gasteiger partial charge in [0.25, 0.3) is 0 Å². The minimum atomic E-state index is 0. The molecule has 2 aromatic carbocycles. The normalized spacial score (nSPS) is 10.1. The molecule has 0 aliphatic rings. The smallest absolute Gasteiger partial charge is 0.230 e. The van der Waals surface area contributed by atoms with Crippen molar-refractivity contribution in [2.24, 2.45) is 0 Å². The first-order chi connectivity index (χ1) is 11.8. The molecule has 1 heterocycles. The van der Waals surface area contributed by atoms with Gasteiger partial charge in [-0.25, -0.2) is 9.97 Å². The molecule has 1 aromatic heterocycles. The molecule has 0 atom stereocenters. The summed E-state index contributed by atoms with van der Waals surface area (Å²) in [7, 11) is 0. The zero-order chi connectivity index (χ0) is 16.6. The van der Waals surface area contributed by atoms with E-state index in [1.54, 1.807) is 0 Å². The minimum absolute atomic E-state index is 0. The molecule has 6 heteroatoms. The molecule has 3 aromatic rings. The molecular weight excluding hydrogens is 334 g/mol. The van der Waals surface area contributed by atoms with Crippen LogP contribution in [0.4, 0.5) is 11.9 Å². The van der Waals surface area contributed by atoms with Crippen molar-refractivity contribution < 1.29 is 0 Å². The van der Waals surface area contributed by atoms with Gasteiger partial charge >= 0.3 is 0 Å². The van der Waals surface area contributed by atoms with E-state index in [4.69, 9.17) is 5.73 Å². The zero-order valence-corrected chi connectivity index (χ0v) is 14.8. The molecule has 3 rings (SSSR count). The number of anilines is 2. The van der Waals surface area contributed by atoms with Crippen molar-refractivity contribution in [3.8, 4) is 0 Å². The van der Waals surface area contributed by atoms with E-state index >= 15 is 0 Å². The summed E-state index contributed by atoms with van der Waals surface area (Å²) in [4.78, 5) is 14.6. The van der Waals surface area contributed by atoms with Crippen LogP contribution in [0.5, 0.6) is 0 Å². The maximum Gasteiger partial charge on any atom is 0.230 e. The molecule has 0 bridgehead atoms. The third-order valence-corrected chi connectivity index (χ3v) is 3.89. The highest BCUT2D eigenvalue weighted by molar-refractivity contribution is 5.85. The lowest BCUT2D eigenvalue weighted by molar-refractivity contribution is 0.738. The lowest BCUT2D eigenvalue weighted by Gasteiger charge is -2.22. The summed E-state index contributed by atoms with van der Waals surface area (Å²) in [6.45, 7) is 1.67. The lowest BCUT2D eigenvalue weighted by atomic mass is 10.1. The summed E-state index contributed by atoms with van der Waals surface area (Å²) in [5, 5.41) is 0. The SMILES string of the molecule is Cl.Nc1ncnc(N(CCc2ccccc2)CCc2ccccc2)n1. The minimum Gasteiger partial charge on any atom is -0.368 e. The number of nitrogen functional groups attached to an aromatic ring is 1. The largest absolute Gasteiger partial charge is 0.368 e. The Balaban J connectivity index is 0.00000225. The number of halogens is 1. The first-order valence-corrected chi connectivity index (χ1v) is 8.08. The predicted octanol–water partition coefficient (Wildman–Crippen LogP) is 3.17. The fourth-order valence-corrected chi connectivity index (χ4v) is 2.58. The van der Waals surface area contributed by atoms with Crippen molar-refractivity contribution in [2.75, 3.05) is 23.7 Å². The van der Waals surface area contributed by atoms with E-state index in [2.05, 4.69) is 68.4 Å². The van der Waals surface area contributed by atoms with Crippen molar-refractivity contribution in [3.63, 3.8) is 0 Å². The van der Waals surface area contributed by atoms with Gasteiger partial charge in [0, 0.05) is 13.1 Å². The van der Waals surface area contributed by atoms with Crippen molar-refractivity contribution in [2.45, 2.75) is 12.8 Å². The number of benzene rings is 2. The van der Waals surface area contributed by atoms with Gasteiger partial charge in [-0.15, -0.1) is 12.4 Å². The molecule has 2 N–H and O–H groups in total. The highest BCUT2D eigenvalue weighted by Gasteiger charge is 2.11. The molecule has 130 valence electrons. The summed E-state index contributed by atoms with van der Waals surface area (Å²) < 4.78 is 0. The molecule has 0 spiro atoms. The third-order valence-electron chi connectivity index (χ3n) is 3.89. The van der Waals surface area contributed by atoms with Crippen LogP contribution in [-0.2, 0) is 12.8 Å². The van der Waals surface area contributed by atoms with E-state index in [1.165, 1.54) is 17.5 Å². The Morgan fingerprint density at radius 2 is 1.28 bits per heavy atom. The first-order valence-electron chi connectivity index (χ1n) is 8.08. The lowest BCUT2D eigenvalue weighted by Crippen LogP contribution is -2.30. The molecule has 0 saturated heterocycles. The van der Waals surface area contributed by atoms with E-state index in [1.807, 2.05) is 12.1 Å². The second kappa shape index (κ2) is 9.59. The third kappa shape index (κ3) is 5.72. The van der Waals surface area contributed by atoms with Crippen LogP contribution in [-0.4, -0.2) is 28.0 Å². The molecule has 0 unspecified atom stereocenters. The van der Waals surface area contributed by atoms with Crippen LogP contribution in [0.1, 0.15) is 11.1 Å².